The van der Waals surface area contributed by atoms with E-state index < -0.39 is 23.7 Å². The third kappa shape index (κ3) is 3.93. The molecule has 1 aromatic carbocycles. The van der Waals surface area contributed by atoms with Crippen molar-refractivity contribution >= 4 is 17.8 Å². The van der Waals surface area contributed by atoms with Gasteiger partial charge in [0.25, 0.3) is 5.91 Å². The second-order valence-corrected chi connectivity index (χ2v) is 8.06. The summed E-state index contributed by atoms with van der Waals surface area (Å²) in [6, 6.07) is 9.76. The number of hydrogen-bond donors (Lipinski definition) is 2. The summed E-state index contributed by atoms with van der Waals surface area (Å²) < 4.78 is 4.98. The maximum Gasteiger partial charge on any atom is 0.326 e. The molecule has 164 valence electrons. The van der Waals surface area contributed by atoms with E-state index in [-0.39, 0.29) is 17.6 Å². The fourth-order valence-electron chi connectivity index (χ4n) is 4.69. The maximum absolute atomic E-state index is 13.4. The number of amides is 2. The lowest BCUT2D eigenvalue weighted by Crippen LogP contribution is -2.63. The number of aliphatic carboxylic acids is 1. The van der Waals surface area contributed by atoms with Crippen LogP contribution in [0.2, 0.25) is 0 Å². The first-order valence-corrected chi connectivity index (χ1v) is 10.5. The fraction of sp³-hybridized carbons (Fsp3) is 0.455. The monoisotopic (exact) mass is 426 g/mol. The number of likely N-dealkylation sites (tertiary alicyclic amines) is 1. The summed E-state index contributed by atoms with van der Waals surface area (Å²) in [6.45, 7) is 2.53. The van der Waals surface area contributed by atoms with Crippen molar-refractivity contribution in [1.82, 2.24) is 20.3 Å². The van der Waals surface area contributed by atoms with Gasteiger partial charge in [-0.1, -0.05) is 42.4 Å². The van der Waals surface area contributed by atoms with E-state index in [0.29, 0.717) is 38.8 Å². The molecule has 2 amide bonds. The van der Waals surface area contributed by atoms with Crippen molar-refractivity contribution in [2.75, 3.05) is 13.1 Å². The zero-order chi connectivity index (χ0) is 22.0. The van der Waals surface area contributed by atoms with Crippen molar-refractivity contribution in [3.8, 4) is 0 Å². The highest BCUT2D eigenvalue weighted by atomic mass is 16.5. The number of hydrogen-bond acceptors (Lipinski definition) is 6. The molecular weight excluding hydrogens is 400 g/mol. The van der Waals surface area contributed by atoms with Gasteiger partial charge >= 0.3 is 5.97 Å². The SMILES string of the molecule is CCC(C(=O)O)N1C(=O)C(Cc2ccccc2)NC12CCN(C(=O)c1ccno1)CC2. The standard InChI is InChI=1S/C22H26N4O5/c1-2-17(21(29)30)26-19(27)16(14-15-6-4-3-5-7-15)24-22(26)9-12-25(13-10-22)20(28)18-8-11-23-31-18/h3-8,11,16-17,24H,2,9-10,12-14H2,1H3,(H,29,30). The van der Waals surface area contributed by atoms with E-state index >= 15 is 0 Å². The van der Waals surface area contributed by atoms with Crippen LogP contribution in [0.3, 0.4) is 0 Å². The predicted molar refractivity (Wildman–Crippen MR) is 110 cm³/mol. The third-order valence-electron chi connectivity index (χ3n) is 6.23. The number of rotatable bonds is 6. The lowest BCUT2D eigenvalue weighted by atomic mass is 9.93. The van der Waals surface area contributed by atoms with Crippen LogP contribution in [-0.2, 0) is 16.0 Å². The van der Waals surface area contributed by atoms with E-state index in [1.54, 1.807) is 11.8 Å². The minimum absolute atomic E-state index is 0.169. The highest BCUT2D eigenvalue weighted by Crippen LogP contribution is 2.36. The smallest absolute Gasteiger partial charge is 0.326 e. The van der Waals surface area contributed by atoms with Gasteiger partial charge in [0, 0.05) is 32.0 Å². The lowest BCUT2D eigenvalue weighted by molar-refractivity contribution is -0.154. The molecule has 0 bridgehead atoms. The topological polar surface area (TPSA) is 116 Å². The van der Waals surface area contributed by atoms with Gasteiger partial charge in [0.1, 0.15) is 6.04 Å². The number of nitrogens with one attached hydrogen (secondary N) is 1. The molecule has 2 N–H and O–H groups in total. The Morgan fingerprint density at radius 3 is 2.55 bits per heavy atom. The van der Waals surface area contributed by atoms with E-state index in [9.17, 15) is 19.5 Å². The van der Waals surface area contributed by atoms with Crippen LogP contribution in [0, 0.1) is 0 Å². The molecule has 2 aliphatic rings. The van der Waals surface area contributed by atoms with Crippen molar-refractivity contribution in [3.63, 3.8) is 0 Å². The van der Waals surface area contributed by atoms with E-state index in [2.05, 4.69) is 10.5 Å². The summed E-state index contributed by atoms with van der Waals surface area (Å²) in [6.07, 6.45) is 3.09. The maximum atomic E-state index is 13.4. The van der Waals surface area contributed by atoms with Crippen LogP contribution in [0.1, 0.15) is 42.3 Å². The highest BCUT2D eigenvalue weighted by molar-refractivity contribution is 5.92. The lowest BCUT2D eigenvalue weighted by Gasteiger charge is -2.46. The summed E-state index contributed by atoms with van der Waals surface area (Å²) >= 11 is 0. The van der Waals surface area contributed by atoms with E-state index in [1.165, 1.54) is 17.2 Å². The van der Waals surface area contributed by atoms with Crippen molar-refractivity contribution < 1.29 is 24.0 Å². The molecule has 4 rings (SSSR count). The highest BCUT2D eigenvalue weighted by Gasteiger charge is 2.55. The number of carboxylic acids is 1. The third-order valence-corrected chi connectivity index (χ3v) is 6.23. The molecule has 2 atom stereocenters. The molecule has 0 saturated carbocycles. The van der Waals surface area contributed by atoms with Gasteiger partial charge in [-0.2, -0.15) is 0 Å². The Morgan fingerprint density at radius 1 is 1.26 bits per heavy atom. The van der Waals surface area contributed by atoms with E-state index in [4.69, 9.17) is 4.52 Å². The average molecular weight is 426 g/mol. The Morgan fingerprint density at radius 2 is 1.97 bits per heavy atom. The summed E-state index contributed by atoms with van der Waals surface area (Å²) in [7, 11) is 0. The molecule has 2 aliphatic heterocycles. The molecule has 2 aromatic rings. The number of carbonyl (C=O) groups excluding carboxylic acids is 2. The Hall–Kier alpha value is -3.20. The zero-order valence-corrected chi connectivity index (χ0v) is 17.4. The number of carboxylic acid groups (broad SMARTS) is 1. The molecule has 0 radical (unpaired) electrons. The summed E-state index contributed by atoms with van der Waals surface area (Å²) in [5.74, 6) is -1.30. The molecule has 1 spiro atoms. The quantitative estimate of drug-likeness (QED) is 0.719. The van der Waals surface area contributed by atoms with Gasteiger partial charge in [0.2, 0.25) is 11.7 Å². The van der Waals surface area contributed by atoms with Crippen LogP contribution in [0.15, 0.2) is 47.1 Å². The van der Waals surface area contributed by atoms with Crippen LogP contribution in [-0.4, -0.2) is 68.7 Å². The van der Waals surface area contributed by atoms with Gasteiger partial charge in [-0.3, -0.25) is 14.9 Å². The Balaban J connectivity index is 1.57. The number of nitrogens with zero attached hydrogens (tertiary/aromatic N) is 3. The van der Waals surface area contributed by atoms with Crippen LogP contribution >= 0.6 is 0 Å². The summed E-state index contributed by atoms with van der Waals surface area (Å²) in [4.78, 5) is 41.2. The molecular formula is C22H26N4O5. The number of aromatic nitrogens is 1. The van der Waals surface area contributed by atoms with Crippen LogP contribution in [0.25, 0.3) is 0 Å². The van der Waals surface area contributed by atoms with Gasteiger partial charge in [0.15, 0.2) is 0 Å². The minimum atomic E-state index is -1.02. The summed E-state index contributed by atoms with van der Waals surface area (Å²) in [5.41, 5.74) is 0.208. The first-order chi connectivity index (χ1) is 14.9. The summed E-state index contributed by atoms with van der Waals surface area (Å²) in [5, 5.41) is 16.8. The Bertz CT molecular complexity index is 938. The van der Waals surface area contributed by atoms with Crippen molar-refractivity contribution in [2.45, 2.75) is 50.4 Å². The van der Waals surface area contributed by atoms with Gasteiger partial charge in [-0.25, -0.2) is 4.79 Å². The first kappa shape index (κ1) is 21.0. The Labute approximate surface area is 180 Å². The molecule has 9 heteroatoms. The second-order valence-electron chi connectivity index (χ2n) is 8.06. The second kappa shape index (κ2) is 8.50. The zero-order valence-electron chi connectivity index (χ0n) is 17.4. The molecule has 1 aromatic heterocycles. The number of benzene rings is 1. The first-order valence-electron chi connectivity index (χ1n) is 10.5. The largest absolute Gasteiger partial charge is 0.480 e. The van der Waals surface area contributed by atoms with Crippen molar-refractivity contribution in [2.24, 2.45) is 0 Å². The Kier molecular flexibility index (Phi) is 5.77. The molecule has 3 heterocycles. The average Bonchev–Trinajstić information content (AvgIpc) is 3.39. The molecule has 31 heavy (non-hydrogen) atoms. The predicted octanol–water partition coefficient (Wildman–Crippen LogP) is 1.51. The molecule has 0 aliphatic carbocycles. The van der Waals surface area contributed by atoms with E-state index in [0.717, 1.165) is 5.56 Å². The number of piperidine rings is 1. The van der Waals surface area contributed by atoms with Crippen LogP contribution in [0.5, 0.6) is 0 Å². The molecule has 2 saturated heterocycles. The van der Waals surface area contributed by atoms with Gasteiger partial charge in [-0.05, 0) is 18.4 Å². The van der Waals surface area contributed by atoms with Crippen LogP contribution < -0.4 is 5.32 Å². The van der Waals surface area contributed by atoms with Gasteiger partial charge in [0.05, 0.1) is 17.9 Å². The van der Waals surface area contributed by atoms with E-state index in [1.807, 2.05) is 30.3 Å². The fourth-order valence-corrected chi connectivity index (χ4v) is 4.69. The van der Waals surface area contributed by atoms with Crippen LogP contribution in [0.4, 0.5) is 0 Å². The van der Waals surface area contributed by atoms with Crippen molar-refractivity contribution in [1.29, 1.82) is 0 Å². The number of carbonyl (C=O) groups is 3. The minimum Gasteiger partial charge on any atom is -0.480 e. The molecule has 2 unspecified atom stereocenters. The van der Waals surface area contributed by atoms with Gasteiger partial charge in [-0.15, -0.1) is 0 Å². The van der Waals surface area contributed by atoms with Crippen molar-refractivity contribution in [3.05, 3.63) is 53.9 Å². The molecule has 9 nitrogen and oxygen atoms in total. The normalized spacial score (nSPS) is 21.5. The van der Waals surface area contributed by atoms with Gasteiger partial charge < -0.3 is 19.4 Å². The molecule has 2 fully saturated rings.